The summed E-state index contributed by atoms with van der Waals surface area (Å²) in [7, 11) is 0. The predicted molar refractivity (Wildman–Crippen MR) is 109 cm³/mol. The molecule has 0 unspecified atom stereocenters. The van der Waals surface area contributed by atoms with Crippen molar-refractivity contribution in [1.29, 1.82) is 0 Å². The monoisotopic (exact) mass is 401 g/mol. The van der Waals surface area contributed by atoms with E-state index in [9.17, 15) is 14.7 Å². The van der Waals surface area contributed by atoms with E-state index in [1.54, 1.807) is 0 Å². The molecule has 1 spiro atoms. The normalized spacial score (nSPS) is 53.3. The fraction of sp³-hybridized carbons (Fsp3) is 0.833. The maximum absolute atomic E-state index is 13.8. The quantitative estimate of drug-likeness (QED) is 0.551. The molecular weight excluding hydrogens is 366 g/mol. The maximum atomic E-state index is 13.8. The van der Waals surface area contributed by atoms with Gasteiger partial charge in [-0.15, -0.1) is 0 Å². The molecule has 3 saturated heterocycles. The minimum Gasteiger partial charge on any atom is -0.390 e. The van der Waals surface area contributed by atoms with Crippen LogP contribution in [0.4, 0.5) is 0 Å². The molecule has 2 bridgehead atoms. The third-order valence-corrected chi connectivity index (χ3v) is 9.18. The molecule has 2 aliphatic carbocycles. The molecule has 3 heterocycles. The number of allylic oxidation sites excluding steroid dienone is 2. The first-order chi connectivity index (χ1) is 13.6. The molecule has 5 rings (SSSR count). The summed E-state index contributed by atoms with van der Waals surface area (Å²) in [6.07, 6.45) is 4.23. The first kappa shape index (κ1) is 19.7. The first-order valence-electron chi connectivity index (χ1n) is 11.5. The summed E-state index contributed by atoms with van der Waals surface area (Å²) in [6.45, 7) is 10.9. The van der Waals surface area contributed by atoms with E-state index in [0.29, 0.717) is 18.8 Å². The lowest BCUT2D eigenvalue weighted by Gasteiger charge is -2.53. The van der Waals surface area contributed by atoms with Gasteiger partial charge in [0.05, 0.1) is 17.8 Å². The molecule has 5 aliphatic rings. The molecule has 10 atom stereocenters. The van der Waals surface area contributed by atoms with E-state index in [0.717, 1.165) is 12.8 Å². The van der Waals surface area contributed by atoms with Crippen LogP contribution in [0.25, 0.3) is 0 Å². The lowest BCUT2D eigenvalue weighted by Crippen LogP contribution is -2.61. The van der Waals surface area contributed by atoms with Gasteiger partial charge in [-0.1, -0.05) is 32.4 Å². The van der Waals surface area contributed by atoms with Gasteiger partial charge in [0.1, 0.15) is 11.2 Å². The Morgan fingerprint density at radius 3 is 2.72 bits per heavy atom. The average Bonchev–Trinajstić information content (AvgIpc) is 3.05. The third-order valence-electron chi connectivity index (χ3n) is 9.18. The van der Waals surface area contributed by atoms with Crippen molar-refractivity contribution in [2.75, 3.05) is 0 Å². The maximum Gasteiger partial charge on any atom is 0.234 e. The molecule has 0 aromatic carbocycles. The molecule has 4 fully saturated rings. The topological polar surface area (TPSA) is 75.6 Å². The van der Waals surface area contributed by atoms with Crippen LogP contribution in [0.1, 0.15) is 60.3 Å². The minimum atomic E-state index is -0.964. The largest absolute Gasteiger partial charge is 0.390 e. The third kappa shape index (κ3) is 2.35. The Balaban J connectivity index is 1.67. The number of carbonyl (C=O) groups is 2. The molecule has 0 radical (unpaired) electrons. The molecule has 29 heavy (non-hydrogen) atoms. The van der Waals surface area contributed by atoms with E-state index < -0.39 is 11.5 Å². The second kappa shape index (κ2) is 6.16. The van der Waals surface area contributed by atoms with Gasteiger partial charge >= 0.3 is 0 Å². The number of aliphatic hydroxyl groups excluding tert-OH is 1. The Bertz CT molecular complexity index is 790. The highest BCUT2D eigenvalue weighted by Gasteiger charge is 2.74. The van der Waals surface area contributed by atoms with Crippen molar-refractivity contribution in [3.8, 4) is 0 Å². The molecule has 3 aliphatic heterocycles. The second-order valence-corrected chi connectivity index (χ2v) is 11.1. The average molecular weight is 402 g/mol. The summed E-state index contributed by atoms with van der Waals surface area (Å²) in [4.78, 5) is 27.5. The summed E-state index contributed by atoms with van der Waals surface area (Å²) in [6, 6.07) is 0.0456. The summed E-state index contributed by atoms with van der Waals surface area (Å²) in [5.74, 6) is 0.687. The summed E-state index contributed by atoms with van der Waals surface area (Å²) in [5, 5.41) is 13.8. The highest BCUT2D eigenvalue weighted by atomic mass is 16.5. The van der Waals surface area contributed by atoms with Gasteiger partial charge in [0.15, 0.2) is 0 Å². The van der Waals surface area contributed by atoms with Crippen molar-refractivity contribution in [2.24, 2.45) is 40.9 Å². The number of fused-ring (bicyclic) bond motifs is 6. The Hall–Kier alpha value is -1.20. The SMILES string of the molecule is CC1=C[C@@H]2[C@@H]3[C@H](CC(=O)[C@]24C(=O)N[C@@H](CC(C)C)[C@@H]4[C@@H]1C)[C@H]1O[C@@]3(C)CC[C@H]1O. The van der Waals surface area contributed by atoms with Gasteiger partial charge in [-0.2, -0.15) is 0 Å². The summed E-state index contributed by atoms with van der Waals surface area (Å²) < 4.78 is 6.41. The van der Waals surface area contributed by atoms with Crippen molar-refractivity contribution in [1.82, 2.24) is 5.32 Å². The van der Waals surface area contributed by atoms with E-state index in [-0.39, 0.29) is 59.0 Å². The molecule has 5 heteroatoms. The minimum absolute atomic E-state index is 0.00910. The number of Topliss-reactive ketones (excluding diaryl/α,β-unsaturated/α-hetero) is 1. The van der Waals surface area contributed by atoms with E-state index in [1.165, 1.54) is 5.57 Å². The zero-order chi connectivity index (χ0) is 20.9. The van der Waals surface area contributed by atoms with Crippen molar-refractivity contribution < 1.29 is 19.4 Å². The van der Waals surface area contributed by atoms with Crippen molar-refractivity contribution in [2.45, 2.75) is 84.2 Å². The Labute approximate surface area is 173 Å². The first-order valence-corrected chi connectivity index (χ1v) is 11.5. The van der Waals surface area contributed by atoms with Gasteiger partial charge in [-0.25, -0.2) is 0 Å². The highest BCUT2D eigenvalue weighted by molar-refractivity contribution is 6.10. The number of nitrogens with one attached hydrogen (secondary N) is 1. The molecule has 1 amide bonds. The van der Waals surface area contributed by atoms with Crippen LogP contribution < -0.4 is 5.32 Å². The van der Waals surface area contributed by atoms with Crippen LogP contribution >= 0.6 is 0 Å². The van der Waals surface area contributed by atoms with Gasteiger partial charge in [-0.05, 0) is 44.9 Å². The lowest BCUT2D eigenvalue weighted by molar-refractivity contribution is -0.157. The van der Waals surface area contributed by atoms with Crippen LogP contribution in [0.3, 0.4) is 0 Å². The fourth-order valence-electron chi connectivity index (χ4n) is 8.01. The molecule has 2 N–H and O–H groups in total. The molecule has 160 valence electrons. The van der Waals surface area contributed by atoms with Crippen LogP contribution in [0, 0.1) is 40.9 Å². The van der Waals surface area contributed by atoms with Crippen molar-refractivity contribution in [3.05, 3.63) is 11.6 Å². The Morgan fingerprint density at radius 1 is 1.31 bits per heavy atom. The fourth-order valence-corrected chi connectivity index (χ4v) is 8.01. The van der Waals surface area contributed by atoms with Gasteiger partial charge in [0, 0.05) is 36.1 Å². The number of amides is 1. The molecule has 1 saturated carbocycles. The van der Waals surface area contributed by atoms with Crippen LogP contribution in [-0.4, -0.2) is 40.6 Å². The Morgan fingerprint density at radius 2 is 2.03 bits per heavy atom. The molecular formula is C24H35NO4. The van der Waals surface area contributed by atoms with Gasteiger partial charge in [0.2, 0.25) is 5.91 Å². The van der Waals surface area contributed by atoms with E-state index >= 15 is 0 Å². The van der Waals surface area contributed by atoms with Crippen LogP contribution in [0.5, 0.6) is 0 Å². The number of aliphatic hydroxyl groups is 1. The Kier molecular flexibility index (Phi) is 4.20. The molecule has 0 aromatic heterocycles. The van der Waals surface area contributed by atoms with Crippen molar-refractivity contribution in [3.63, 3.8) is 0 Å². The van der Waals surface area contributed by atoms with Crippen LogP contribution in [-0.2, 0) is 14.3 Å². The molecule has 0 aromatic rings. The van der Waals surface area contributed by atoms with E-state index in [4.69, 9.17) is 4.74 Å². The number of carbonyl (C=O) groups excluding carboxylic acids is 2. The number of ether oxygens (including phenoxy) is 1. The number of ketones is 1. The smallest absolute Gasteiger partial charge is 0.234 e. The van der Waals surface area contributed by atoms with Crippen LogP contribution in [0.2, 0.25) is 0 Å². The summed E-state index contributed by atoms with van der Waals surface area (Å²) >= 11 is 0. The zero-order valence-electron chi connectivity index (χ0n) is 18.3. The zero-order valence-corrected chi connectivity index (χ0v) is 18.3. The van der Waals surface area contributed by atoms with Gasteiger partial charge < -0.3 is 15.2 Å². The standard InChI is InChI=1S/C24H35NO4/c1-11(2)8-16-19-13(4)12(3)9-15-20-14(10-18(27)24(15,19)22(28)25-16)21-17(26)6-7-23(20,5)29-21/h9,11,13-17,19-21,26H,6-8,10H2,1-5H3,(H,25,28)/t13-,14+,15-,16+,17-,19+,20+,21-,23+,24-/m1/s1. The lowest BCUT2D eigenvalue weighted by atomic mass is 9.46. The summed E-state index contributed by atoms with van der Waals surface area (Å²) in [5.41, 5.74) is -0.0420. The number of hydrogen-bond donors (Lipinski definition) is 2. The van der Waals surface area contributed by atoms with Crippen molar-refractivity contribution >= 4 is 11.7 Å². The highest BCUT2D eigenvalue weighted by Crippen LogP contribution is 2.66. The number of rotatable bonds is 2. The molecule has 5 nitrogen and oxygen atoms in total. The predicted octanol–water partition coefficient (Wildman–Crippen LogP) is 2.86. The van der Waals surface area contributed by atoms with Crippen LogP contribution in [0.15, 0.2) is 11.6 Å². The van der Waals surface area contributed by atoms with E-state index in [1.807, 2.05) is 0 Å². The van der Waals surface area contributed by atoms with Gasteiger partial charge in [-0.3, -0.25) is 9.59 Å². The van der Waals surface area contributed by atoms with E-state index in [2.05, 4.69) is 46.0 Å². The van der Waals surface area contributed by atoms with Gasteiger partial charge in [0.25, 0.3) is 0 Å². The number of hydrogen-bond acceptors (Lipinski definition) is 4. The second-order valence-electron chi connectivity index (χ2n) is 11.1.